The zero-order valence-electron chi connectivity index (χ0n) is 14.4. The van der Waals surface area contributed by atoms with Crippen molar-refractivity contribution in [2.75, 3.05) is 20.2 Å². The molecule has 0 atom stereocenters. The molecule has 6 heteroatoms. The summed E-state index contributed by atoms with van der Waals surface area (Å²) in [6.07, 6.45) is 4.34. The number of carbonyl (C=O) groups is 2. The molecule has 0 aromatic carbocycles. The molecule has 0 N–H and O–H groups in total. The molecule has 0 saturated carbocycles. The SMILES string of the molecule is COC(=O)c1cc(C2=CCN(C(=O)OC(C)(C)C)CC2)cn1C. The topological polar surface area (TPSA) is 60.8 Å². The van der Waals surface area contributed by atoms with Gasteiger partial charge in [-0.25, -0.2) is 9.59 Å². The maximum Gasteiger partial charge on any atom is 0.410 e. The van der Waals surface area contributed by atoms with Gasteiger partial charge in [0.25, 0.3) is 0 Å². The lowest BCUT2D eigenvalue weighted by Crippen LogP contribution is -2.39. The first-order valence-electron chi connectivity index (χ1n) is 7.63. The van der Waals surface area contributed by atoms with E-state index in [9.17, 15) is 9.59 Å². The number of ether oxygens (including phenoxy) is 2. The van der Waals surface area contributed by atoms with Crippen molar-refractivity contribution in [1.29, 1.82) is 0 Å². The Kier molecular flexibility index (Phi) is 4.82. The molecular formula is C17H24N2O4. The second-order valence-corrected chi connectivity index (χ2v) is 6.62. The van der Waals surface area contributed by atoms with Crippen molar-refractivity contribution in [1.82, 2.24) is 9.47 Å². The van der Waals surface area contributed by atoms with Crippen LogP contribution in [0.3, 0.4) is 0 Å². The lowest BCUT2D eigenvalue weighted by Gasteiger charge is -2.29. The average molecular weight is 320 g/mol. The largest absolute Gasteiger partial charge is 0.464 e. The van der Waals surface area contributed by atoms with Crippen molar-refractivity contribution < 1.29 is 19.1 Å². The van der Waals surface area contributed by atoms with Crippen molar-refractivity contribution in [3.05, 3.63) is 29.6 Å². The van der Waals surface area contributed by atoms with E-state index in [1.54, 1.807) is 9.47 Å². The van der Waals surface area contributed by atoms with Crippen LogP contribution in [-0.2, 0) is 16.5 Å². The number of aromatic nitrogens is 1. The Morgan fingerprint density at radius 2 is 1.96 bits per heavy atom. The van der Waals surface area contributed by atoms with E-state index in [1.807, 2.05) is 46.2 Å². The summed E-state index contributed by atoms with van der Waals surface area (Å²) in [6.45, 7) is 6.67. The van der Waals surface area contributed by atoms with Gasteiger partial charge >= 0.3 is 12.1 Å². The Balaban J connectivity index is 2.07. The molecule has 0 radical (unpaired) electrons. The van der Waals surface area contributed by atoms with Crippen LogP contribution < -0.4 is 0 Å². The van der Waals surface area contributed by atoms with E-state index in [1.165, 1.54) is 7.11 Å². The molecule has 0 bridgehead atoms. The van der Waals surface area contributed by atoms with Crippen LogP contribution in [-0.4, -0.2) is 47.3 Å². The summed E-state index contributed by atoms with van der Waals surface area (Å²) in [5.41, 5.74) is 2.13. The molecule has 0 saturated heterocycles. The molecule has 0 fully saturated rings. The number of hydrogen-bond acceptors (Lipinski definition) is 4. The number of methoxy groups -OCH3 is 1. The number of amides is 1. The minimum absolute atomic E-state index is 0.295. The highest BCUT2D eigenvalue weighted by molar-refractivity contribution is 5.89. The number of esters is 1. The molecule has 2 rings (SSSR count). The van der Waals surface area contributed by atoms with Gasteiger partial charge in [0.05, 0.1) is 7.11 Å². The number of rotatable bonds is 2. The maximum absolute atomic E-state index is 12.1. The van der Waals surface area contributed by atoms with Crippen LogP contribution in [0.4, 0.5) is 4.79 Å². The molecule has 0 spiro atoms. The molecule has 6 nitrogen and oxygen atoms in total. The van der Waals surface area contributed by atoms with Gasteiger partial charge in [0.1, 0.15) is 11.3 Å². The third-order valence-electron chi connectivity index (χ3n) is 3.63. The Hall–Kier alpha value is -2.24. The predicted octanol–water partition coefficient (Wildman–Crippen LogP) is 2.84. The lowest BCUT2D eigenvalue weighted by molar-refractivity contribution is 0.0270. The maximum atomic E-state index is 12.1. The zero-order chi connectivity index (χ0) is 17.2. The predicted molar refractivity (Wildman–Crippen MR) is 87.2 cm³/mol. The van der Waals surface area contributed by atoms with Gasteiger partial charge in [-0.15, -0.1) is 0 Å². The van der Waals surface area contributed by atoms with Crippen LogP contribution in [0, 0.1) is 0 Å². The quantitative estimate of drug-likeness (QED) is 0.786. The summed E-state index contributed by atoms with van der Waals surface area (Å²) < 4.78 is 11.9. The van der Waals surface area contributed by atoms with E-state index in [2.05, 4.69) is 0 Å². The highest BCUT2D eigenvalue weighted by Gasteiger charge is 2.24. The van der Waals surface area contributed by atoms with E-state index >= 15 is 0 Å². The van der Waals surface area contributed by atoms with Gasteiger partial charge < -0.3 is 18.9 Å². The van der Waals surface area contributed by atoms with Crippen LogP contribution in [0.5, 0.6) is 0 Å². The molecule has 0 unspecified atom stereocenters. The van der Waals surface area contributed by atoms with Gasteiger partial charge in [0.2, 0.25) is 0 Å². The van der Waals surface area contributed by atoms with E-state index in [0.29, 0.717) is 18.8 Å². The minimum atomic E-state index is -0.490. The third-order valence-corrected chi connectivity index (χ3v) is 3.63. The molecule has 1 amide bonds. The van der Waals surface area contributed by atoms with Crippen LogP contribution in [0.1, 0.15) is 43.2 Å². The van der Waals surface area contributed by atoms with Crippen molar-refractivity contribution in [2.45, 2.75) is 32.8 Å². The van der Waals surface area contributed by atoms with Crippen molar-refractivity contribution in [3.63, 3.8) is 0 Å². The number of nitrogens with zero attached hydrogens (tertiary/aromatic N) is 2. The van der Waals surface area contributed by atoms with Gasteiger partial charge in [0.15, 0.2) is 0 Å². The summed E-state index contributed by atoms with van der Waals surface area (Å²) >= 11 is 0. The summed E-state index contributed by atoms with van der Waals surface area (Å²) in [6, 6.07) is 1.82. The molecular weight excluding hydrogens is 296 g/mol. The number of aryl methyl sites for hydroxylation is 1. The summed E-state index contributed by atoms with van der Waals surface area (Å²) in [4.78, 5) is 25.4. The molecule has 126 valence electrons. The molecule has 0 aliphatic carbocycles. The van der Waals surface area contributed by atoms with E-state index < -0.39 is 5.60 Å². The average Bonchev–Trinajstić information content (AvgIpc) is 2.87. The zero-order valence-corrected chi connectivity index (χ0v) is 14.4. The molecule has 23 heavy (non-hydrogen) atoms. The Morgan fingerprint density at radius 3 is 2.48 bits per heavy atom. The molecule has 2 heterocycles. The van der Waals surface area contributed by atoms with E-state index in [4.69, 9.17) is 9.47 Å². The molecule has 1 aliphatic rings. The van der Waals surface area contributed by atoms with Crippen LogP contribution in [0.2, 0.25) is 0 Å². The highest BCUT2D eigenvalue weighted by atomic mass is 16.6. The van der Waals surface area contributed by atoms with Gasteiger partial charge in [-0.3, -0.25) is 0 Å². The van der Waals surface area contributed by atoms with Crippen molar-refractivity contribution >= 4 is 17.6 Å². The Morgan fingerprint density at radius 1 is 1.26 bits per heavy atom. The monoisotopic (exact) mass is 320 g/mol. The van der Waals surface area contributed by atoms with Crippen LogP contribution in [0.15, 0.2) is 18.3 Å². The van der Waals surface area contributed by atoms with E-state index in [-0.39, 0.29) is 12.1 Å². The fraction of sp³-hybridized carbons (Fsp3) is 0.529. The van der Waals surface area contributed by atoms with Gasteiger partial charge in [-0.1, -0.05) is 6.08 Å². The minimum Gasteiger partial charge on any atom is -0.464 e. The van der Waals surface area contributed by atoms with Crippen LogP contribution >= 0.6 is 0 Å². The van der Waals surface area contributed by atoms with Gasteiger partial charge in [0, 0.05) is 26.3 Å². The highest BCUT2D eigenvalue weighted by Crippen LogP contribution is 2.25. The number of hydrogen-bond donors (Lipinski definition) is 0. The third kappa shape index (κ3) is 4.15. The fourth-order valence-corrected chi connectivity index (χ4v) is 2.47. The first-order valence-corrected chi connectivity index (χ1v) is 7.63. The van der Waals surface area contributed by atoms with Crippen molar-refractivity contribution in [2.24, 2.45) is 7.05 Å². The normalized spacial score (nSPS) is 15.2. The summed E-state index contributed by atoms with van der Waals surface area (Å²) in [5.74, 6) is -0.356. The summed E-state index contributed by atoms with van der Waals surface area (Å²) in [7, 11) is 3.18. The van der Waals surface area contributed by atoms with Crippen molar-refractivity contribution in [3.8, 4) is 0 Å². The Labute approximate surface area is 136 Å². The molecule has 1 aromatic rings. The first kappa shape index (κ1) is 17.1. The lowest BCUT2D eigenvalue weighted by atomic mass is 10.0. The fourth-order valence-electron chi connectivity index (χ4n) is 2.47. The van der Waals surface area contributed by atoms with Crippen LogP contribution in [0.25, 0.3) is 5.57 Å². The molecule has 1 aromatic heterocycles. The smallest absolute Gasteiger partial charge is 0.410 e. The standard InChI is InChI=1S/C17H24N2O4/c1-17(2,3)23-16(21)19-8-6-12(7-9-19)13-10-14(15(20)22-5)18(4)11-13/h6,10-11H,7-9H2,1-5H3. The Bertz CT molecular complexity index is 638. The second-order valence-electron chi connectivity index (χ2n) is 6.62. The first-order chi connectivity index (χ1) is 10.7. The van der Waals surface area contributed by atoms with E-state index in [0.717, 1.165) is 17.6 Å². The summed E-state index contributed by atoms with van der Waals surface area (Å²) in [5, 5.41) is 0. The molecule has 1 aliphatic heterocycles. The second kappa shape index (κ2) is 6.48. The van der Waals surface area contributed by atoms with Gasteiger partial charge in [-0.05, 0) is 44.4 Å². The van der Waals surface area contributed by atoms with Gasteiger partial charge in [-0.2, -0.15) is 0 Å². The number of carbonyl (C=O) groups excluding carboxylic acids is 2.